The molecule has 0 radical (unpaired) electrons. The average molecular weight is 236 g/mol. The summed E-state index contributed by atoms with van der Waals surface area (Å²) in [6, 6.07) is 5.97. The second-order valence-corrected chi connectivity index (χ2v) is 4.70. The molecule has 0 spiro atoms. The second kappa shape index (κ2) is 5.19. The molecule has 0 aromatic heterocycles. The van der Waals surface area contributed by atoms with Crippen LogP contribution in [0.1, 0.15) is 24.5 Å². The third kappa shape index (κ3) is 4.07. The monoisotopic (exact) mass is 236 g/mol. The summed E-state index contributed by atoms with van der Waals surface area (Å²) in [6.45, 7) is 6.01. The third-order valence-electron chi connectivity index (χ3n) is 2.65. The lowest BCUT2D eigenvalue weighted by Crippen LogP contribution is -2.50. The van der Waals surface area contributed by atoms with Crippen LogP contribution in [0, 0.1) is 13.8 Å². The van der Waals surface area contributed by atoms with Crippen LogP contribution < -0.4 is 16.2 Å². The molecule has 94 valence electrons. The molecule has 0 aliphatic carbocycles. The van der Waals surface area contributed by atoms with Gasteiger partial charge >= 0.3 is 0 Å². The number of carbonyl (C=O) groups is 1. The number of ether oxygens (including phenoxy) is 1. The van der Waals surface area contributed by atoms with Crippen LogP contribution in [0.25, 0.3) is 0 Å². The number of nitrogens with two attached hydrogens (primary N) is 2. The molecule has 17 heavy (non-hydrogen) atoms. The van der Waals surface area contributed by atoms with Gasteiger partial charge in [0.2, 0.25) is 5.91 Å². The van der Waals surface area contributed by atoms with Crippen LogP contribution in [-0.4, -0.2) is 18.1 Å². The largest absolute Gasteiger partial charge is 0.493 e. The van der Waals surface area contributed by atoms with Crippen molar-refractivity contribution in [2.24, 2.45) is 11.5 Å². The molecule has 0 saturated heterocycles. The average Bonchev–Trinajstić information content (AvgIpc) is 2.15. The Labute approximate surface area is 102 Å². The van der Waals surface area contributed by atoms with Crippen molar-refractivity contribution < 1.29 is 9.53 Å². The second-order valence-electron chi connectivity index (χ2n) is 4.70. The molecule has 1 unspecified atom stereocenters. The summed E-state index contributed by atoms with van der Waals surface area (Å²) in [5.41, 5.74) is 12.2. The van der Waals surface area contributed by atoms with Crippen LogP contribution >= 0.6 is 0 Å². The lowest BCUT2D eigenvalue weighted by atomic mass is 9.99. The molecule has 1 atom stereocenters. The number of hydrogen-bond acceptors (Lipinski definition) is 3. The predicted octanol–water partition coefficient (Wildman–Crippen LogP) is 1.28. The Morgan fingerprint density at radius 1 is 1.29 bits per heavy atom. The van der Waals surface area contributed by atoms with E-state index in [0.29, 0.717) is 13.0 Å². The minimum Gasteiger partial charge on any atom is -0.493 e. The first kappa shape index (κ1) is 13.5. The Hall–Kier alpha value is -1.55. The van der Waals surface area contributed by atoms with Crippen molar-refractivity contribution in [3.8, 4) is 5.75 Å². The normalized spacial score (nSPS) is 14.1. The van der Waals surface area contributed by atoms with E-state index in [1.807, 2.05) is 26.0 Å². The van der Waals surface area contributed by atoms with Gasteiger partial charge in [-0.15, -0.1) is 0 Å². The van der Waals surface area contributed by atoms with Crippen molar-refractivity contribution >= 4 is 5.91 Å². The number of aryl methyl sites for hydroxylation is 2. The fraction of sp³-hybridized carbons (Fsp3) is 0.462. The van der Waals surface area contributed by atoms with E-state index in [-0.39, 0.29) is 0 Å². The van der Waals surface area contributed by atoms with Gasteiger partial charge in [0.25, 0.3) is 0 Å². The summed E-state index contributed by atoms with van der Waals surface area (Å²) in [5, 5.41) is 0. The molecule has 0 aliphatic rings. The summed E-state index contributed by atoms with van der Waals surface area (Å²) in [7, 11) is 0. The van der Waals surface area contributed by atoms with Crippen LogP contribution in [0.2, 0.25) is 0 Å². The molecule has 1 aromatic rings. The topological polar surface area (TPSA) is 78.3 Å². The Bertz CT molecular complexity index is 394. The molecule has 0 fully saturated rings. The molecule has 1 amide bonds. The van der Waals surface area contributed by atoms with Crippen molar-refractivity contribution in [1.82, 2.24) is 0 Å². The van der Waals surface area contributed by atoms with Crippen LogP contribution in [-0.2, 0) is 4.79 Å². The molecule has 0 bridgehead atoms. The van der Waals surface area contributed by atoms with Crippen LogP contribution in [0.3, 0.4) is 0 Å². The summed E-state index contributed by atoms with van der Waals surface area (Å²) in [4.78, 5) is 11.0. The van der Waals surface area contributed by atoms with E-state index in [9.17, 15) is 4.79 Å². The number of rotatable bonds is 5. The van der Waals surface area contributed by atoms with Gasteiger partial charge in [-0.05, 0) is 44.0 Å². The summed E-state index contributed by atoms with van der Waals surface area (Å²) < 4.78 is 5.57. The van der Waals surface area contributed by atoms with E-state index in [2.05, 4.69) is 6.07 Å². The van der Waals surface area contributed by atoms with E-state index in [4.69, 9.17) is 16.2 Å². The SMILES string of the molecule is Cc1cc(C)cc(OCCC(C)(N)C(N)=O)c1. The standard InChI is InChI=1S/C13H20N2O2/c1-9-6-10(2)8-11(7-9)17-5-4-13(3,15)12(14)16/h6-8H,4-5,15H2,1-3H3,(H2,14,16). The van der Waals surface area contributed by atoms with Gasteiger partial charge in [0.05, 0.1) is 12.1 Å². The van der Waals surface area contributed by atoms with Crippen molar-refractivity contribution in [3.63, 3.8) is 0 Å². The minimum atomic E-state index is -1.02. The Morgan fingerprint density at radius 3 is 2.29 bits per heavy atom. The predicted molar refractivity (Wildman–Crippen MR) is 67.8 cm³/mol. The van der Waals surface area contributed by atoms with Gasteiger partial charge in [0.1, 0.15) is 5.75 Å². The van der Waals surface area contributed by atoms with Gasteiger partial charge in [0.15, 0.2) is 0 Å². The molecule has 0 aliphatic heterocycles. The smallest absolute Gasteiger partial charge is 0.237 e. The maximum Gasteiger partial charge on any atom is 0.237 e. The quantitative estimate of drug-likeness (QED) is 0.808. The highest BCUT2D eigenvalue weighted by Gasteiger charge is 2.25. The summed E-state index contributed by atoms with van der Waals surface area (Å²) >= 11 is 0. The van der Waals surface area contributed by atoms with Crippen LogP contribution in [0.5, 0.6) is 5.75 Å². The van der Waals surface area contributed by atoms with Gasteiger partial charge in [-0.3, -0.25) is 4.79 Å². The molecule has 1 aromatic carbocycles. The van der Waals surface area contributed by atoms with E-state index in [1.165, 1.54) is 0 Å². The minimum absolute atomic E-state index is 0.374. The molecule has 1 rings (SSSR count). The lowest BCUT2D eigenvalue weighted by Gasteiger charge is -2.20. The number of amides is 1. The fourth-order valence-corrected chi connectivity index (χ4v) is 1.52. The van der Waals surface area contributed by atoms with E-state index in [0.717, 1.165) is 16.9 Å². The van der Waals surface area contributed by atoms with Crippen molar-refractivity contribution in [2.75, 3.05) is 6.61 Å². The zero-order chi connectivity index (χ0) is 13.1. The van der Waals surface area contributed by atoms with Gasteiger partial charge in [-0.25, -0.2) is 0 Å². The Kier molecular flexibility index (Phi) is 4.12. The molecule has 4 N–H and O–H groups in total. The van der Waals surface area contributed by atoms with Crippen molar-refractivity contribution in [3.05, 3.63) is 29.3 Å². The molecule has 4 nitrogen and oxygen atoms in total. The van der Waals surface area contributed by atoms with Crippen LogP contribution in [0.4, 0.5) is 0 Å². The lowest BCUT2D eigenvalue weighted by molar-refractivity contribution is -0.123. The first-order chi connectivity index (χ1) is 7.81. The Morgan fingerprint density at radius 2 is 1.82 bits per heavy atom. The van der Waals surface area contributed by atoms with Crippen molar-refractivity contribution in [2.45, 2.75) is 32.7 Å². The number of benzene rings is 1. The van der Waals surface area contributed by atoms with Gasteiger partial charge in [0, 0.05) is 6.42 Å². The van der Waals surface area contributed by atoms with Crippen molar-refractivity contribution in [1.29, 1.82) is 0 Å². The summed E-state index contributed by atoms with van der Waals surface area (Å²) in [5.74, 6) is 0.282. The maximum absolute atomic E-state index is 11.0. The zero-order valence-corrected chi connectivity index (χ0v) is 10.6. The highest BCUT2D eigenvalue weighted by Crippen LogP contribution is 2.17. The van der Waals surface area contributed by atoms with Crippen LogP contribution in [0.15, 0.2) is 18.2 Å². The molecule has 4 heteroatoms. The first-order valence-corrected chi connectivity index (χ1v) is 5.61. The molecular weight excluding hydrogens is 216 g/mol. The van der Waals surface area contributed by atoms with Gasteiger partial charge in [-0.1, -0.05) is 6.07 Å². The third-order valence-corrected chi connectivity index (χ3v) is 2.65. The van der Waals surface area contributed by atoms with E-state index < -0.39 is 11.4 Å². The maximum atomic E-state index is 11.0. The Balaban J connectivity index is 2.54. The molecular formula is C13H20N2O2. The number of carbonyl (C=O) groups excluding carboxylic acids is 1. The first-order valence-electron chi connectivity index (χ1n) is 5.61. The number of hydrogen-bond donors (Lipinski definition) is 2. The van der Waals surface area contributed by atoms with Gasteiger partial charge in [-0.2, -0.15) is 0 Å². The molecule has 0 heterocycles. The highest BCUT2D eigenvalue weighted by molar-refractivity contribution is 5.83. The van der Waals surface area contributed by atoms with E-state index in [1.54, 1.807) is 6.92 Å². The highest BCUT2D eigenvalue weighted by atomic mass is 16.5. The zero-order valence-electron chi connectivity index (χ0n) is 10.6. The fourth-order valence-electron chi connectivity index (χ4n) is 1.52. The molecule has 0 saturated carbocycles. The van der Waals surface area contributed by atoms with Gasteiger partial charge < -0.3 is 16.2 Å². The van der Waals surface area contributed by atoms with E-state index >= 15 is 0 Å². The number of primary amides is 1. The summed E-state index contributed by atoms with van der Waals surface area (Å²) in [6.07, 6.45) is 0.398.